The second-order valence-electron chi connectivity index (χ2n) is 11.3. The third kappa shape index (κ3) is 2.87. The van der Waals surface area contributed by atoms with Gasteiger partial charge in [0, 0.05) is 43.9 Å². The van der Waals surface area contributed by atoms with Gasteiger partial charge < -0.3 is 9.47 Å². The van der Waals surface area contributed by atoms with E-state index in [2.05, 4.69) is 27.7 Å². The van der Waals surface area contributed by atoms with E-state index in [1.807, 2.05) is 0 Å². The van der Waals surface area contributed by atoms with Crippen LogP contribution in [0, 0.1) is 46.3 Å². The lowest BCUT2D eigenvalue weighted by molar-refractivity contribution is -0.159. The molecule has 4 bridgehead atoms. The Hall–Kier alpha value is 0.220. The van der Waals surface area contributed by atoms with Crippen molar-refractivity contribution in [3.63, 3.8) is 0 Å². The summed E-state index contributed by atoms with van der Waals surface area (Å²) in [5.41, 5.74) is 0.653. The molecule has 7 rings (SSSR count). The van der Waals surface area contributed by atoms with Crippen LogP contribution < -0.4 is 0 Å². The SMILES string of the molecule is CC1(C)[C@H]2C[C@@H]1[C@@H]1COCOC[C@H]3[C@H]4C[C@@H](C[C@@H]3S(=O)CS(=O)[C@H]1C2)C4(C)C. The molecular weight excluding hydrogens is 392 g/mol. The highest BCUT2D eigenvalue weighted by Crippen LogP contribution is 2.63. The summed E-state index contributed by atoms with van der Waals surface area (Å²) < 4.78 is 38.7. The summed E-state index contributed by atoms with van der Waals surface area (Å²) in [6, 6.07) is 0. The zero-order valence-corrected chi connectivity index (χ0v) is 19.4. The van der Waals surface area contributed by atoms with Gasteiger partial charge in [0.15, 0.2) is 0 Å². The van der Waals surface area contributed by atoms with Gasteiger partial charge in [-0.3, -0.25) is 8.42 Å². The van der Waals surface area contributed by atoms with Crippen LogP contribution in [0.2, 0.25) is 0 Å². The van der Waals surface area contributed by atoms with Gasteiger partial charge in [-0.25, -0.2) is 0 Å². The molecule has 0 aromatic rings. The highest BCUT2D eigenvalue weighted by atomic mass is 32.2. The molecule has 1 saturated heterocycles. The Bertz CT molecular complexity index is 634. The Kier molecular flexibility index (Phi) is 4.94. The predicted molar refractivity (Wildman–Crippen MR) is 112 cm³/mol. The van der Waals surface area contributed by atoms with E-state index in [0.29, 0.717) is 71.4 Å². The minimum absolute atomic E-state index is 0.146. The lowest BCUT2D eigenvalue weighted by atomic mass is 9.45. The summed E-state index contributed by atoms with van der Waals surface area (Å²) in [5, 5.41) is 0.656. The van der Waals surface area contributed by atoms with Crippen molar-refractivity contribution in [3.8, 4) is 0 Å². The van der Waals surface area contributed by atoms with E-state index < -0.39 is 21.6 Å². The first-order valence-electron chi connectivity index (χ1n) is 11.1. The fourth-order valence-electron chi connectivity index (χ4n) is 7.56. The molecule has 0 amide bonds. The molecule has 2 unspecified atom stereocenters. The molecule has 4 nitrogen and oxygen atoms in total. The summed E-state index contributed by atoms with van der Waals surface area (Å²) in [4.78, 5) is 0. The first kappa shape index (κ1) is 20.1. The average molecular weight is 429 g/mol. The minimum Gasteiger partial charge on any atom is -0.355 e. The van der Waals surface area contributed by atoms with Crippen LogP contribution in [0.25, 0.3) is 0 Å². The molecule has 0 spiro atoms. The lowest BCUT2D eigenvalue weighted by Crippen LogP contribution is -2.61. The number of rotatable bonds is 0. The van der Waals surface area contributed by atoms with Gasteiger partial charge in [-0.1, -0.05) is 27.7 Å². The molecule has 1 aliphatic heterocycles. The molecule has 6 heteroatoms. The van der Waals surface area contributed by atoms with E-state index in [1.54, 1.807) is 0 Å². The van der Waals surface area contributed by atoms with E-state index in [0.717, 1.165) is 12.8 Å². The molecule has 7 fully saturated rings. The van der Waals surface area contributed by atoms with Crippen LogP contribution in [0.1, 0.15) is 53.4 Å². The Labute approximate surface area is 174 Å². The monoisotopic (exact) mass is 428 g/mol. The zero-order chi connectivity index (χ0) is 19.8. The van der Waals surface area contributed by atoms with Gasteiger partial charge in [-0.05, 0) is 60.2 Å². The van der Waals surface area contributed by atoms with Gasteiger partial charge in [-0.2, -0.15) is 0 Å². The minimum atomic E-state index is -1.02. The second-order valence-corrected chi connectivity index (χ2v) is 15.0. The summed E-state index contributed by atoms with van der Waals surface area (Å²) in [6.07, 6.45) is 4.49. The first-order chi connectivity index (χ1) is 13.2. The summed E-state index contributed by atoms with van der Waals surface area (Å²) in [6.45, 7) is 11.0. The molecule has 0 aromatic carbocycles. The number of hydrogen-bond acceptors (Lipinski definition) is 4. The van der Waals surface area contributed by atoms with Crippen molar-refractivity contribution in [2.45, 2.75) is 63.9 Å². The maximum atomic E-state index is 13.4. The molecule has 7 aliphatic rings. The van der Waals surface area contributed by atoms with Gasteiger partial charge in [0.2, 0.25) is 0 Å². The van der Waals surface area contributed by atoms with Crippen LogP contribution in [0.3, 0.4) is 0 Å². The molecular formula is C22H36O4S2. The van der Waals surface area contributed by atoms with Crippen molar-refractivity contribution < 1.29 is 17.9 Å². The molecule has 0 N–H and O–H groups in total. The second kappa shape index (κ2) is 6.86. The van der Waals surface area contributed by atoms with Crippen LogP contribution in [-0.4, -0.2) is 44.0 Å². The van der Waals surface area contributed by atoms with Crippen LogP contribution in [0.15, 0.2) is 0 Å². The summed E-state index contributed by atoms with van der Waals surface area (Å²) in [5.74, 6) is 3.11. The number of ether oxygens (including phenoxy) is 2. The van der Waals surface area contributed by atoms with Gasteiger partial charge in [0.05, 0.1) is 18.3 Å². The largest absolute Gasteiger partial charge is 0.355 e. The normalized spacial score (nSPS) is 54.6. The van der Waals surface area contributed by atoms with Crippen molar-refractivity contribution in [2.75, 3.05) is 25.1 Å². The Morgan fingerprint density at radius 1 is 0.714 bits per heavy atom. The fraction of sp³-hybridized carbons (Fsp3) is 1.00. The molecule has 0 radical (unpaired) electrons. The molecule has 6 aliphatic carbocycles. The summed E-state index contributed by atoms with van der Waals surface area (Å²) >= 11 is 0. The van der Waals surface area contributed by atoms with Crippen molar-refractivity contribution >= 4 is 21.6 Å². The van der Waals surface area contributed by atoms with Crippen molar-refractivity contribution in [2.24, 2.45) is 46.3 Å². The molecule has 160 valence electrons. The lowest BCUT2D eigenvalue weighted by Gasteiger charge is -2.63. The molecule has 1 heterocycles. The van der Waals surface area contributed by atoms with Crippen LogP contribution in [-0.2, 0) is 31.1 Å². The quantitative estimate of drug-likeness (QED) is 0.592. The highest BCUT2D eigenvalue weighted by molar-refractivity contribution is 8.02. The summed E-state index contributed by atoms with van der Waals surface area (Å²) in [7, 11) is -2.05. The maximum absolute atomic E-state index is 13.4. The first-order valence-corrected chi connectivity index (χ1v) is 13.9. The van der Waals surface area contributed by atoms with E-state index in [-0.39, 0.29) is 10.5 Å². The smallest absolute Gasteiger partial charge is 0.146 e. The Morgan fingerprint density at radius 3 is 1.54 bits per heavy atom. The molecule has 28 heavy (non-hydrogen) atoms. The van der Waals surface area contributed by atoms with Crippen molar-refractivity contribution in [1.82, 2.24) is 0 Å². The Balaban J connectivity index is 1.36. The third-order valence-electron chi connectivity index (χ3n) is 9.81. The van der Waals surface area contributed by atoms with E-state index in [1.165, 1.54) is 12.8 Å². The van der Waals surface area contributed by atoms with Gasteiger partial charge in [0.25, 0.3) is 0 Å². The third-order valence-corrected chi connectivity index (χ3v) is 14.1. The van der Waals surface area contributed by atoms with Crippen LogP contribution in [0.4, 0.5) is 0 Å². The van der Waals surface area contributed by atoms with Crippen LogP contribution >= 0.6 is 0 Å². The Morgan fingerprint density at radius 2 is 1.14 bits per heavy atom. The average Bonchev–Trinajstić information content (AvgIpc) is 2.65. The number of hydrogen-bond donors (Lipinski definition) is 0. The van der Waals surface area contributed by atoms with E-state index >= 15 is 0 Å². The van der Waals surface area contributed by atoms with Gasteiger partial charge >= 0.3 is 0 Å². The standard InChI is InChI=1S/C22H36O4S2/c1-21(2)13-5-17(21)15-9-25-11-26-10-16-18-6-14(22(18,3)4)8-20(16)28(24)12-27(23)19(15)7-13/h13-20H,5-12H2,1-4H3/t13-,14-,15-,16-,17+,18+,19-,20-,27?,28?/m0/s1. The van der Waals surface area contributed by atoms with Gasteiger partial charge in [-0.15, -0.1) is 0 Å². The maximum Gasteiger partial charge on any atom is 0.146 e. The zero-order valence-electron chi connectivity index (χ0n) is 17.7. The van der Waals surface area contributed by atoms with Gasteiger partial charge in [0.1, 0.15) is 6.79 Å². The van der Waals surface area contributed by atoms with E-state index in [9.17, 15) is 8.42 Å². The molecule has 0 aromatic heterocycles. The van der Waals surface area contributed by atoms with Crippen LogP contribution in [0.5, 0.6) is 0 Å². The fourth-order valence-corrected chi connectivity index (χ4v) is 12.1. The predicted octanol–water partition coefficient (Wildman–Crippen LogP) is 3.55. The highest BCUT2D eigenvalue weighted by Gasteiger charge is 2.61. The topological polar surface area (TPSA) is 52.6 Å². The molecule has 6 saturated carbocycles. The van der Waals surface area contributed by atoms with E-state index in [4.69, 9.17) is 9.47 Å². The van der Waals surface area contributed by atoms with Crippen molar-refractivity contribution in [1.29, 1.82) is 0 Å². The molecule has 10 atom stereocenters. The van der Waals surface area contributed by atoms with Crippen molar-refractivity contribution in [3.05, 3.63) is 0 Å².